The molecule has 3 atom stereocenters. The van der Waals surface area contributed by atoms with Crippen LogP contribution in [0.2, 0.25) is 0 Å². The molecule has 288 valence electrons. The smallest absolute Gasteiger partial charge is 0.220 e. The van der Waals surface area contributed by atoms with Gasteiger partial charge in [0.15, 0.2) is 0 Å². The van der Waals surface area contributed by atoms with Crippen LogP contribution in [0.1, 0.15) is 245 Å². The zero-order valence-corrected chi connectivity index (χ0v) is 32.6. The fraction of sp³-hybridized carbons (Fsp3) is 0.977. The zero-order valence-electron chi connectivity index (χ0n) is 32.6. The molecule has 0 saturated carbocycles. The third-order valence-electron chi connectivity index (χ3n) is 10.5. The highest BCUT2D eigenvalue weighted by atomic mass is 16.3. The van der Waals surface area contributed by atoms with Crippen molar-refractivity contribution in [3.63, 3.8) is 0 Å². The van der Waals surface area contributed by atoms with E-state index in [4.69, 9.17) is 0 Å². The molecule has 0 aromatic carbocycles. The Morgan fingerprint density at radius 3 is 1.00 bits per heavy atom. The van der Waals surface area contributed by atoms with Crippen molar-refractivity contribution >= 4 is 5.91 Å². The van der Waals surface area contributed by atoms with E-state index in [1.165, 1.54) is 186 Å². The fourth-order valence-electron chi connectivity index (χ4n) is 7.05. The van der Waals surface area contributed by atoms with Gasteiger partial charge in [-0.15, -0.1) is 0 Å². The van der Waals surface area contributed by atoms with Crippen LogP contribution in [0.5, 0.6) is 0 Å². The third-order valence-corrected chi connectivity index (χ3v) is 10.5. The number of hydrogen-bond donors (Lipinski definition) is 4. The Balaban J connectivity index is 3.56. The van der Waals surface area contributed by atoms with Crippen LogP contribution in [-0.2, 0) is 4.79 Å². The predicted octanol–water partition coefficient (Wildman–Crippen LogP) is 12.3. The molecule has 5 nitrogen and oxygen atoms in total. The van der Waals surface area contributed by atoms with Gasteiger partial charge in [-0.1, -0.05) is 226 Å². The van der Waals surface area contributed by atoms with Gasteiger partial charge >= 0.3 is 0 Å². The topological polar surface area (TPSA) is 89.8 Å². The first kappa shape index (κ1) is 47.4. The summed E-state index contributed by atoms with van der Waals surface area (Å²) in [5.41, 5.74) is 0. The molecule has 0 bridgehead atoms. The maximum absolute atomic E-state index is 12.4. The Hall–Kier alpha value is -0.650. The number of carbonyl (C=O) groups excluding carboxylic acids is 1. The standard InChI is InChI=1S/C43H87NO4/c1-3-5-7-9-11-13-15-17-18-19-20-21-22-23-24-26-28-30-32-34-36-38-42(47)44-40(39-45)43(48)41(46)37-35-33-31-29-27-25-16-14-12-10-8-6-4-2/h40-41,43,45-46,48H,3-39H2,1-2H3,(H,44,47). The molecule has 4 N–H and O–H groups in total. The van der Waals surface area contributed by atoms with Crippen molar-refractivity contribution in [3.8, 4) is 0 Å². The van der Waals surface area contributed by atoms with Gasteiger partial charge in [0.05, 0.1) is 18.8 Å². The van der Waals surface area contributed by atoms with Crippen molar-refractivity contribution in [1.82, 2.24) is 5.32 Å². The predicted molar refractivity (Wildman–Crippen MR) is 209 cm³/mol. The summed E-state index contributed by atoms with van der Waals surface area (Å²) in [6.45, 7) is 4.19. The van der Waals surface area contributed by atoms with Crippen LogP contribution in [0.3, 0.4) is 0 Å². The molecule has 0 aliphatic carbocycles. The molecule has 5 heteroatoms. The minimum atomic E-state index is -1.13. The monoisotopic (exact) mass is 682 g/mol. The molecule has 0 spiro atoms. The van der Waals surface area contributed by atoms with Gasteiger partial charge in [-0.05, 0) is 12.8 Å². The number of amides is 1. The number of hydrogen-bond acceptors (Lipinski definition) is 4. The fourth-order valence-corrected chi connectivity index (χ4v) is 7.05. The summed E-state index contributed by atoms with van der Waals surface area (Å²) in [5, 5.41) is 33.5. The highest BCUT2D eigenvalue weighted by Gasteiger charge is 2.26. The van der Waals surface area contributed by atoms with Crippen molar-refractivity contribution in [1.29, 1.82) is 0 Å². The van der Waals surface area contributed by atoms with E-state index in [1.54, 1.807) is 0 Å². The van der Waals surface area contributed by atoms with Crippen LogP contribution in [0.25, 0.3) is 0 Å². The molecule has 0 aliphatic rings. The second kappa shape index (κ2) is 39.1. The van der Waals surface area contributed by atoms with Crippen molar-refractivity contribution in [2.45, 2.75) is 263 Å². The Morgan fingerprint density at radius 2 is 0.708 bits per heavy atom. The van der Waals surface area contributed by atoms with Crippen molar-refractivity contribution < 1.29 is 20.1 Å². The summed E-state index contributed by atoms with van der Waals surface area (Å²) in [6.07, 6.45) is 43.5. The molecule has 3 unspecified atom stereocenters. The van der Waals surface area contributed by atoms with E-state index in [1.807, 2.05) is 0 Å². The van der Waals surface area contributed by atoms with Crippen LogP contribution in [0, 0.1) is 0 Å². The molecule has 0 heterocycles. The van der Waals surface area contributed by atoms with Crippen LogP contribution in [0.15, 0.2) is 0 Å². The molecule has 0 aliphatic heterocycles. The van der Waals surface area contributed by atoms with Gasteiger partial charge in [0.25, 0.3) is 0 Å². The van der Waals surface area contributed by atoms with Crippen LogP contribution in [0.4, 0.5) is 0 Å². The van der Waals surface area contributed by atoms with Gasteiger partial charge in [-0.3, -0.25) is 4.79 Å². The second-order valence-corrected chi connectivity index (χ2v) is 15.3. The van der Waals surface area contributed by atoms with Gasteiger partial charge in [-0.25, -0.2) is 0 Å². The van der Waals surface area contributed by atoms with E-state index >= 15 is 0 Å². The van der Waals surface area contributed by atoms with E-state index in [0.29, 0.717) is 12.8 Å². The van der Waals surface area contributed by atoms with Crippen LogP contribution < -0.4 is 5.32 Å². The van der Waals surface area contributed by atoms with Crippen LogP contribution >= 0.6 is 0 Å². The Kier molecular flexibility index (Phi) is 38.6. The maximum Gasteiger partial charge on any atom is 0.220 e. The zero-order chi connectivity index (χ0) is 35.2. The molecule has 0 aromatic heterocycles. The van der Waals surface area contributed by atoms with E-state index in [2.05, 4.69) is 19.2 Å². The van der Waals surface area contributed by atoms with Gasteiger partial charge in [-0.2, -0.15) is 0 Å². The minimum absolute atomic E-state index is 0.140. The minimum Gasteiger partial charge on any atom is -0.394 e. The molecule has 0 aromatic rings. The summed E-state index contributed by atoms with van der Waals surface area (Å²) in [5.74, 6) is -0.140. The Morgan fingerprint density at radius 1 is 0.438 bits per heavy atom. The summed E-state index contributed by atoms with van der Waals surface area (Å²) in [4.78, 5) is 12.4. The largest absolute Gasteiger partial charge is 0.394 e. The quantitative estimate of drug-likeness (QED) is 0.0485. The average Bonchev–Trinajstić information content (AvgIpc) is 3.09. The third kappa shape index (κ3) is 33.8. The van der Waals surface area contributed by atoms with Gasteiger partial charge in [0.1, 0.15) is 6.10 Å². The van der Waals surface area contributed by atoms with Gasteiger partial charge in [0.2, 0.25) is 5.91 Å². The molecule has 48 heavy (non-hydrogen) atoms. The van der Waals surface area contributed by atoms with Crippen molar-refractivity contribution in [2.75, 3.05) is 6.61 Å². The molecule has 0 fully saturated rings. The first-order valence-corrected chi connectivity index (χ1v) is 21.8. The maximum atomic E-state index is 12.4. The van der Waals surface area contributed by atoms with E-state index in [-0.39, 0.29) is 12.5 Å². The Bertz CT molecular complexity index is 630. The number of carbonyl (C=O) groups is 1. The summed E-state index contributed by atoms with van der Waals surface area (Å²) >= 11 is 0. The molecule has 0 radical (unpaired) electrons. The summed E-state index contributed by atoms with van der Waals surface area (Å²) in [6, 6.07) is -0.802. The molecular weight excluding hydrogens is 594 g/mol. The number of nitrogens with one attached hydrogen (secondary N) is 1. The highest BCUT2D eigenvalue weighted by Crippen LogP contribution is 2.17. The van der Waals surface area contributed by atoms with Crippen molar-refractivity contribution in [2.24, 2.45) is 0 Å². The van der Waals surface area contributed by atoms with Gasteiger partial charge in [0, 0.05) is 6.42 Å². The van der Waals surface area contributed by atoms with E-state index < -0.39 is 18.2 Å². The molecular formula is C43H87NO4. The lowest BCUT2D eigenvalue weighted by Crippen LogP contribution is -2.50. The van der Waals surface area contributed by atoms with Crippen LogP contribution in [-0.4, -0.2) is 46.1 Å². The van der Waals surface area contributed by atoms with Crippen molar-refractivity contribution in [3.05, 3.63) is 0 Å². The number of unbranched alkanes of at least 4 members (excludes halogenated alkanes) is 32. The lowest BCUT2D eigenvalue weighted by atomic mass is 9.99. The molecule has 1 amide bonds. The number of aliphatic hydroxyl groups is 3. The second-order valence-electron chi connectivity index (χ2n) is 15.3. The SMILES string of the molecule is CCCCCCCCCCCCCCCCCCCCCCCC(=O)NC(CO)C(O)C(O)CCCCCCCCCCCCCCC. The number of aliphatic hydroxyl groups excluding tert-OH is 3. The first-order valence-electron chi connectivity index (χ1n) is 21.8. The van der Waals surface area contributed by atoms with E-state index in [0.717, 1.165) is 32.1 Å². The lowest BCUT2D eigenvalue weighted by molar-refractivity contribution is -0.124. The van der Waals surface area contributed by atoms with E-state index in [9.17, 15) is 20.1 Å². The highest BCUT2D eigenvalue weighted by molar-refractivity contribution is 5.76. The normalized spacial score (nSPS) is 13.5. The summed E-state index contributed by atoms with van der Waals surface area (Å²) in [7, 11) is 0. The lowest BCUT2D eigenvalue weighted by Gasteiger charge is -2.26. The average molecular weight is 682 g/mol. The summed E-state index contributed by atoms with van der Waals surface area (Å²) < 4.78 is 0. The first-order chi connectivity index (χ1) is 23.6. The molecule has 0 saturated heterocycles. The van der Waals surface area contributed by atoms with Gasteiger partial charge < -0.3 is 20.6 Å². The number of rotatable bonds is 40. The Labute approximate surface area is 300 Å². The molecule has 0 rings (SSSR count).